The monoisotopic (exact) mass is 441 g/mol. The lowest BCUT2D eigenvalue weighted by Crippen LogP contribution is -2.42. The summed E-state index contributed by atoms with van der Waals surface area (Å²) in [5, 5.41) is 18.6. The van der Waals surface area contributed by atoms with Crippen LogP contribution in [-0.2, 0) is 4.74 Å². The Bertz CT molecular complexity index is 1130. The number of aromatic nitrogens is 5. The molecule has 2 amide bonds. The lowest BCUT2D eigenvalue weighted by molar-refractivity contribution is 0.0416. The van der Waals surface area contributed by atoms with Gasteiger partial charge in [0.15, 0.2) is 5.69 Å². The summed E-state index contributed by atoms with van der Waals surface area (Å²) in [4.78, 5) is 26.0. The summed E-state index contributed by atoms with van der Waals surface area (Å²) < 4.78 is 16.3. The van der Waals surface area contributed by atoms with Gasteiger partial charge >= 0.3 is 6.09 Å². The number of carbonyl (C=O) groups excluding carboxylic acids is 2. The van der Waals surface area contributed by atoms with Crippen LogP contribution in [0.15, 0.2) is 34.0 Å². The maximum atomic E-state index is 12.3. The third-order valence-corrected chi connectivity index (χ3v) is 4.54. The third-order valence-electron chi connectivity index (χ3n) is 4.54. The summed E-state index contributed by atoms with van der Waals surface area (Å²) in [6, 6.07) is 6.65. The lowest BCUT2D eigenvalue weighted by atomic mass is 10.2. The van der Waals surface area contributed by atoms with Crippen LogP contribution >= 0.6 is 0 Å². The van der Waals surface area contributed by atoms with Gasteiger partial charge in [-0.2, -0.15) is 9.78 Å². The summed E-state index contributed by atoms with van der Waals surface area (Å²) in [6.07, 6.45) is 1.01. The lowest BCUT2D eigenvalue weighted by Gasteiger charge is -2.25. The Morgan fingerprint density at radius 1 is 1.22 bits per heavy atom. The fourth-order valence-corrected chi connectivity index (χ4v) is 2.83. The maximum Gasteiger partial charge on any atom is 0.415 e. The number of rotatable bonds is 5. The van der Waals surface area contributed by atoms with Crippen LogP contribution in [0.4, 0.5) is 10.6 Å². The van der Waals surface area contributed by atoms with Gasteiger partial charge in [0, 0.05) is 13.1 Å². The minimum absolute atomic E-state index is 0.0158. The molecule has 14 nitrogen and oxygen atoms in total. The number of benzene rings is 1. The fraction of sp³-hybridized carbons (Fsp3) is 0.278. The summed E-state index contributed by atoms with van der Waals surface area (Å²) in [5.74, 6) is -0.0263. The van der Waals surface area contributed by atoms with Gasteiger partial charge in [-0.25, -0.2) is 14.8 Å². The largest absolute Gasteiger partial charge is 0.415 e. The maximum absolute atomic E-state index is 12.3. The van der Waals surface area contributed by atoms with Crippen molar-refractivity contribution in [2.75, 3.05) is 32.0 Å². The van der Waals surface area contributed by atoms with Crippen LogP contribution in [-0.4, -0.2) is 74.7 Å². The van der Waals surface area contributed by atoms with Gasteiger partial charge < -0.3 is 20.1 Å². The van der Waals surface area contributed by atoms with E-state index in [4.69, 9.17) is 15.2 Å². The molecule has 1 aliphatic rings. The van der Waals surface area contributed by atoms with Gasteiger partial charge in [-0.1, -0.05) is 5.21 Å². The Hall–Kier alpha value is -4.33. The van der Waals surface area contributed by atoms with Crippen LogP contribution in [0.25, 0.3) is 5.82 Å². The number of hydrogen-bond donors (Lipinski definition) is 2. The van der Waals surface area contributed by atoms with E-state index < -0.39 is 12.0 Å². The molecule has 1 aliphatic heterocycles. The molecule has 0 bridgehead atoms. The van der Waals surface area contributed by atoms with Crippen molar-refractivity contribution in [1.82, 2.24) is 35.6 Å². The van der Waals surface area contributed by atoms with Crippen LogP contribution < -0.4 is 15.9 Å². The first kappa shape index (κ1) is 20.9. The molecule has 2 aromatic heterocycles. The first-order valence-corrected chi connectivity index (χ1v) is 9.51. The smallest absolute Gasteiger partial charge is 0.410 e. The van der Waals surface area contributed by atoms with Crippen molar-refractivity contribution >= 4 is 24.0 Å². The van der Waals surface area contributed by atoms with Crippen molar-refractivity contribution < 1.29 is 23.7 Å². The Labute approximate surface area is 180 Å². The van der Waals surface area contributed by atoms with Crippen LogP contribution in [0.1, 0.15) is 21.7 Å². The molecular weight excluding hydrogens is 422 g/mol. The summed E-state index contributed by atoms with van der Waals surface area (Å²) in [6.45, 7) is 3.61. The van der Waals surface area contributed by atoms with Crippen molar-refractivity contribution in [3.8, 4) is 11.6 Å². The highest BCUT2D eigenvalue weighted by Crippen LogP contribution is 2.15. The van der Waals surface area contributed by atoms with Gasteiger partial charge in [0.05, 0.1) is 25.1 Å². The molecule has 4 rings (SSSR count). The molecule has 1 saturated heterocycles. The standard InChI is InChI=1S/C18H19N9O5/c1-11-14(21-25-27(11)16-15(19)23-32-24-16)17(28)22-20-10-12-2-4-13(5-3-12)31-18(29)26-6-8-30-9-7-26/h2-5,10H,6-9H2,1H3,(H2,19,23)(H,22,28)/b20-10-. The number of amides is 2. The van der Waals surface area contributed by atoms with Crippen molar-refractivity contribution in [2.24, 2.45) is 5.10 Å². The molecular formula is C18H19N9O5. The number of ether oxygens (including phenoxy) is 2. The summed E-state index contributed by atoms with van der Waals surface area (Å²) in [7, 11) is 0. The number of carbonyl (C=O) groups is 2. The van der Waals surface area contributed by atoms with Gasteiger partial charge in [0.1, 0.15) is 5.75 Å². The molecule has 3 aromatic rings. The van der Waals surface area contributed by atoms with Crippen molar-refractivity contribution in [3.05, 3.63) is 41.2 Å². The Kier molecular flexibility index (Phi) is 6.03. The third kappa shape index (κ3) is 4.54. The zero-order valence-corrected chi connectivity index (χ0v) is 17.0. The van der Waals surface area contributed by atoms with E-state index in [2.05, 4.69) is 35.8 Å². The predicted octanol–water partition coefficient (Wildman–Crippen LogP) is 0.136. The summed E-state index contributed by atoms with van der Waals surface area (Å²) >= 11 is 0. The van der Waals surface area contributed by atoms with E-state index in [1.54, 1.807) is 36.1 Å². The fourth-order valence-electron chi connectivity index (χ4n) is 2.83. The Balaban J connectivity index is 1.33. The van der Waals surface area contributed by atoms with Crippen molar-refractivity contribution in [2.45, 2.75) is 6.92 Å². The number of anilines is 1. The zero-order valence-electron chi connectivity index (χ0n) is 17.0. The average Bonchev–Trinajstić information content (AvgIpc) is 3.40. The van der Waals surface area contributed by atoms with E-state index in [9.17, 15) is 9.59 Å². The number of hydrazone groups is 1. The molecule has 0 radical (unpaired) electrons. The van der Waals surface area contributed by atoms with E-state index in [0.717, 1.165) is 0 Å². The molecule has 3 N–H and O–H groups in total. The molecule has 0 aliphatic carbocycles. The first-order chi connectivity index (χ1) is 15.5. The molecule has 0 unspecified atom stereocenters. The van der Waals surface area contributed by atoms with Crippen molar-refractivity contribution in [1.29, 1.82) is 0 Å². The average molecular weight is 441 g/mol. The molecule has 0 saturated carbocycles. The van der Waals surface area contributed by atoms with Crippen LogP contribution in [0.5, 0.6) is 5.75 Å². The highest BCUT2D eigenvalue weighted by molar-refractivity contribution is 5.94. The number of nitrogens with zero attached hydrogens (tertiary/aromatic N) is 7. The van der Waals surface area contributed by atoms with E-state index in [-0.39, 0.29) is 17.3 Å². The Morgan fingerprint density at radius 3 is 2.66 bits per heavy atom. The quantitative estimate of drug-likeness (QED) is 0.409. The molecule has 0 atom stereocenters. The Morgan fingerprint density at radius 2 is 1.97 bits per heavy atom. The predicted molar refractivity (Wildman–Crippen MR) is 108 cm³/mol. The zero-order chi connectivity index (χ0) is 22.5. The van der Waals surface area contributed by atoms with E-state index in [1.165, 1.54) is 10.9 Å². The molecule has 3 heterocycles. The molecule has 0 spiro atoms. The molecule has 14 heteroatoms. The number of nitrogens with two attached hydrogens (primary N) is 1. The SMILES string of the molecule is Cc1c(C(=O)N/N=C\c2ccc(OC(=O)N3CCOCC3)cc2)nnn1-c1nonc1N. The van der Waals surface area contributed by atoms with E-state index in [0.29, 0.717) is 43.3 Å². The number of nitrogens with one attached hydrogen (secondary N) is 1. The first-order valence-electron chi connectivity index (χ1n) is 9.51. The van der Waals surface area contributed by atoms with E-state index >= 15 is 0 Å². The second-order valence-corrected chi connectivity index (χ2v) is 6.64. The van der Waals surface area contributed by atoms with E-state index in [1.807, 2.05) is 0 Å². The minimum Gasteiger partial charge on any atom is -0.410 e. The number of hydrogen-bond acceptors (Lipinski definition) is 11. The normalized spacial score (nSPS) is 14.0. The van der Waals surface area contributed by atoms with Gasteiger partial charge in [-0.15, -0.1) is 5.10 Å². The van der Waals surface area contributed by atoms with Crippen LogP contribution in [0, 0.1) is 6.92 Å². The van der Waals surface area contributed by atoms with Gasteiger partial charge in [0.2, 0.25) is 11.6 Å². The number of nitrogen functional groups attached to an aromatic ring is 1. The van der Waals surface area contributed by atoms with Crippen LogP contribution in [0.3, 0.4) is 0 Å². The second kappa shape index (κ2) is 9.22. The van der Waals surface area contributed by atoms with Gasteiger partial charge in [-0.3, -0.25) is 4.79 Å². The molecule has 1 fully saturated rings. The highest BCUT2D eigenvalue weighted by Gasteiger charge is 2.21. The molecule has 1 aromatic carbocycles. The second-order valence-electron chi connectivity index (χ2n) is 6.64. The summed E-state index contributed by atoms with van der Waals surface area (Å²) in [5.41, 5.74) is 9.10. The topological polar surface area (TPSA) is 176 Å². The molecule has 32 heavy (non-hydrogen) atoms. The molecule has 166 valence electrons. The minimum atomic E-state index is -0.573. The van der Waals surface area contributed by atoms with Gasteiger partial charge in [0.25, 0.3) is 5.91 Å². The highest BCUT2D eigenvalue weighted by atomic mass is 16.6. The van der Waals surface area contributed by atoms with Gasteiger partial charge in [-0.05, 0) is 47.1 Å². The van der Waals surface area contributed by atoms with Crippen molar-refractivity contribution in [3.63, 3.8) is 0 Å². The number of morpholine rings is 1. The van der Waals surface area contributed by atoms with Crippen LogP contribution in [0.2, 0.25) is 0 Å².